The maximum absolute atomic E-state index is 14.2. The van der Waals surface area contributed by atoms with E-state index in [2.05, 4.69) is 15.0 Å². The molecule has 9 nitrogen and oxygen atoms in total. The highest BCUT2D eigenvalue weighted by molar-refractivity contribution is 7.14. The highest BCUT2D eigenvalue weighted by Crippen LogP contribution is 2.30. The van der Waals surface area contributed by atoms with Gasteiger partial charge in [0.25, 0.3) is 5.56 Å². The number of hydrogen-bond acceptors (Lipinski definition) is 7. The molecule has 14 heteroatoms. The van der Waals surface area contributed by atoms with Crippen molar-refractivity contribution in [3.05, 3.63) is 61.6 Å². The van der Waals surface area contributed by atoms with Gasteiger partial charge in [0.15, 0.2) is 23.3 Å². The molecule has 36 heavy (non-hydrogen) atoms. The number of aromatic nitrogens is 3. The molecule has 0 saturated carbocycles. The van der Waals surface area contributed by atoms with E-state index < -0.39 is 41.5 Å². The number of benzene rings is 1. The third-order valence-electron chi connectivity index (χ3n) is 5.29. The second-order valence-corrected chi connectivity index (χ2v) is 8.69. The molecule has 0 fully saturated rings. The Morgan fingerprint density at radius 2 is 1.94 bits per heavy atom. The minimum Gasteiger partial charge on any atom is -0.481 e. The maximum atomic E-state index is 14.2. The molecular weight excluding hydrogens is 508 g/mol. The first-order chi connectivity index (χ1) is 16.9. The van der Waals surface area contributed by atoms with Crippen LogP contribution >= 0.6 is 11.3 Å². The molecule has 0 atom stereocenters. The van der Waals surface area contributed by atoms with Gasteiger partial charge in [0, 0.05) is 30.6 Å². The van der Waals surface area contributed by atoms with Gasteiger partial charge in [0.2, 0.25) is 11.6 Å². The number of nitrogens with zero attached hydrogens (tertiary/aromatic N) is 3. The Morgan fingerprint density at radius 3 is 2.61 bits per heavy atom. The van der Waals surface area contributed by atoms with Crippen molar-refractivity contribution < 1.29 is 31.5 Å². The van der Waals surface area contributed by atoms with E-state index in [9.17, 15) is 31.9 Å². The summed E-state index contributed by atoms with van der Waals surface area (Å²) in [5.74, 6) is -1.75. The summed E-state index contributed by atoms with van der Waals surface area (Å²) in [5, 5.41) is 4.42. The fraction of sp³-hybridized carbons (Fsp3) is 0.273. The molecule has 3 aromatic heterocycles. The predicted octanol–water partition coefficient (Wildman–Crippen LogP) is 3.52. The zero-order valence-electron chi connectivity index (χ0n) is 19.0. The summed E-state index contributed by atoms with van der Waals surface area (Å²) in [6, 6.07) is 3.39. The molecule has 190 valence electrons. The third-order valence-corrected chi connectivity index (χ3v) is 6.05. The van der Waals surface area contributed by atoms with E-state index in [0.29, 0.717) is 11.3 Å². The molecule has 1 amide bonds. The lowest BCUT2D eigenvalue weighted by Crippen LogP contribution is -2.36. The molecule has 0 aliphatic carbocycles. The lowest BCUT2D eigenvalue weighted by atomic mass is 10.1. The van der Waals surface area contributed by atoms with Gasteiger partial charge >= 0.3 is 11.9 Å². The second-order valence-electron chi connectivity index (χ2n) is 7.83. The van der Waals surface area contributed by atoms with Crippen molar-refractivity contribution in [1.29, 1.82) is 0 Å². The van der Waals surface area contributed by atoms with E-state index in [1.54, 1.807) is 6.92 Å². The van der Waals surface area contributed by atoms with Crippen molar-refractivity contribution in [2.24, 2.45) is 14.1 Å². The van der Waals surface area contributed by atoms with Crippen molar-refractivity contribution in [2.45, 2.75) is 19.5 Å². The quantitative estimate of drug-likeness (QED) is 0.385. The number of fused-ring (bicyclic) bond motifs is 1. The summed E-state index contributed by atoms with van der Waals surface area (Å²) in [7, 11) is 2.77. The van der Waals surface area contributed by atoms with Crippen LogP contribution in [0, 0.1) is 12.7 Å². The largest absolute Gasteiger partial charge is 0.481 e. The van der Waals surface area contributed by atoms with Crippen molar-refractivity contribution in [1.82, 2.24) is 14.1 Å². The van der Waals surface area contributed by atoms with Crippen molar-refractivity contribution in [2.75, 3.05) is 11.9 Å². The molecule has 0 spiro atoms. The number of rotatable bonds is 6. The molecule has 0 bridgehead atoms. The van der Waals surface area contributed by atoms with Crippen molar-refractivity contribution in [3.63, 3.8) is 0 Å². The fourth-order valence-corrected chi connectivity index (χ4v) is 4.26. The van der Waals surface area contributed by atoms with Crippen LogP contribution in [0.3, 0.4) is 0 Å². The van der Waals surface area contributed by atoms with E-state index in [4.69, 9.17) is 4.42 Å². The van der Waals surface area contributed by atoms with Gasteiger partial charge in [-0.15, -0.1) is 11.3 Å². The predicted molar refractivity (Wildman–Crippen MR) is 123 cm³/mol. The summed E-state index contributed by atoms with van der Waals surface area (Å²) in [4.78, 5) is 41.7. The van der Waals surface area contributed by atoms with Crippen molar-refractivity contribution >= 4 is 33.5 Å². The summed E-state index contributed by atoms with van der Waals surface area (Å²) in [6.07, 6.45) is -4.83. The smallest absolute Gasteiger partial charge is 0.422 e. The SMILES string of the molecule is Cc1oc2c(c1CC(=O)Nc1nc(-c3ccc(OCC(F)(F)F)c(F)c3)cs1)c(=O)n(C)c(=O)n2C. The highest BCUT2D eigenvalue weighted by atomic mass is 32.1. The molecule has 1 aromatic carbocycles. The van der Waals surface area contributed by atoms with Crippen molar-refractivity contribution in [3.8, 4) is 17.0 Å². The third kappa shape index (κ3) is 4.89. The van der Waals surface area contributed by atoms with Gasteiger partial charge in [-0.2, -0.15) is 13.2 Å². The molecule has 0 radical (unpaired) electrons. The molecule has 4 rings (SSSR count). The van der Waals surface area contributed by atoms with Gasteiger partial charge in [-0.05, 0) is 25.1 Å². The number of nitrogens with one attached hydrogen (secondary N) is 1. The second kappa shape index (κ2) is 9.26. The summed E-state index contributed by atoms with van der Waals surface area (Å²) in [6.45, 7) is -0.0470. The minimum atomic E-state index is -4.60. The van der Waals surface area contributed by atoms with Gasteiger partial charge < -0.3 is 14.5 Å². The first-order valence-electron chi connectivity index (χ1n) is 10.3. The van der Waals surface area contributed by atoms with Crippen LogP contribution in [0.5, 0.6) is 5.75 Å². The number of anilines is 1. The molecule has 0 unspecified atom stereocenters. The number of amides is 1. The van der Waals surface area contributed by atoms with Crippen LogP contribution in [0.2, 0.25) is 0 Å². The Balaban J connectivity index is 1.51. The van der Waals surface area contributed by atoms with Gasteiger partial charge in [-0.3, -0.25) is 18.7 Å². The van der Waals surface area contributed by atoms with Crippen LogP contribution in [-0.2, 0) is 25.3 Å². The van der Waals surface area contributed by atoms with Gasteiger partial charge in [0.05, 0.1) is 12.1 Å². The van der Waals surface area contributed by atoms with Crippen LogP contribution in [0.1, 0.15) is 11.3 Å². The topological polar surface area (TPSA) is 108 Å². The average Bonchev–Trinajstić information content (AvgIpc) is 3.39. The van der Waals surface area contributed by atoms with Crippen LogP contribution < -0.4 is 21.3 Å². The molecular formula is C22H18F4N4O5S. The Labute approximate surface area is 203 Å². The first-order valence-corrected chi connectivity index (χ1v) is 11.2. The number of alkyl halides is 3. The summed E-state index contributed by atoms with van der Waals surface area (Å²) < 4.78 is 63.1. The van der Waals surface area contributed by atoms with E-state index in [0.717, 1.165) is 28.0 Å². The number of halogens is 4. The zero-order valence-corrected chi connectivity index (χ0v) is 19.8. The van der Waals surface area contributed by atoms with Crippen LogP contribution in [0.15, 0.2) is 37.6 Å². The fourth-order valence-electron chi connectivity index (χ4n) is 3.52. The number of carbonyl (C=O) groups excluding carboxylic acids is 1. The van der Waals surface area contributed by atoms with E-state index in [-0.39, 0.29) is 33.9 Å². The lowest BCUT2D eigenvalue weighted by molar-refractivity contribution is -0.153. The number of thiazole rings is 1. The summed E-state index contributed by atoms with van der Waals surface area (Å²) >= 11 is 1.05. The van der Waals surface area contributed by atoms with Gasteiger partial charge in [-0.25, -0.2) is 14.2 Å². The minimum absolute atomic E-state index is 0.0598. The number of furan rings is 1. The monoisotopic (exact) mass is 526 g/mol. The lowest BCUT2D eigenvalue weighted by Gasteiger charge is -2.10. The van der Waals surface area contributed by atoms with E-state index in [1.807, 2.05) is 0 Å². The Bertz CT molecular complexity index is 1600. The van der Waals surface area contributed by atoms with E-state index >= 15 is 0 Å². The Kier molecular flexibility index (Phi) is 6.47. The van der Waals surface area contributed by atoms with E-state index in [1.165, 1.54) is 30.1 Å². The molecule has 0 aliphatic rings. The highest BCUT2D eigenvalue weighted by Gasteiger charge is 2.29. The molecule has 3 heterocycles. The van der Waals surface area contributed by atoms with Gasteiger partial charge in [-0.1, -0.05) is 0 Å². The number of ether oxygens (including phenoxy) is 1. The summed E-state index contributed by atoms with van der Waals surface area (Å²) in [5.41, 5.74) is -0.218. The normalized spacial score (nSPS) is 11.8. The molecule has 0 saturated heterocycles. The van der Waals surface area contributed by atoms with Crippen LogP contribution in [0.4, 0.5) is 22.7 Å². The average molecular weight is 526 g/mol. The zero-order chi connectivity index (χ0) is 26.4. The molecule has 0 aliphatic heterocycles. The number of hydrogen-bond donors (Lipinski definition) is 1. The Morgan fingerprint density at radius 1 is 1.22 bits per heavy atom. The van der Waals surface area contributed by atoms with Crippen LogP contribution in [-0.4, -0.2) is 32.8 Å². The molecule has 1 N–H and O–H groups in total. The van der Waals surface area contributed by atoms with Gasteiger partial charge in [0.1, 0.15) is 11.1 Å². The Hall–Kier alpha value is -3.94. The van der Waals surface area contributed by atoms with Crippen LogP contribution in [0.25, 0.3) is 22.4 Å². The number of aryl methyl sites for hydroxylation is 2. The standard InChI is InChI=1S/C22H18F4N4O5S/c1-10-12(17-18(32)29(2)21(33)30(3)19(17)35-10)7-16(31)28-20-27-14(8-36-20)11-4-5-15(13(23)6-11)34-9-22(24,25)26/h4-6,8H,7,9H2,1-3H3,(H,27,28,31). The first kappa shape index (κ1) is 25.2. The molecule has 4 aromatic rings. The maximum Gasteiger partial charge on any atom is 0.422 e. The number of carbonyl (C=O) groups is 1.